The maximum atomic E-state index is 12.2. The van der Waals surface area contributed by atoms with Gasteiger partial charge < -0.3 is 4.74 Å². The van der Waals surface area contributed by atoms with Gasteiger partial charge in [0.15, 0.2) is 5.78 Å². The fraction of sp³-hybridized carbons (Fsp3) is 0.562. The van der Waals surface area contributed by atoms with Crippen LogP contribution in [0.1, 0.15) is 60.0 Å². The number of benzene rings is 1. The van der Waals surface area contributed by atoms with Crippen LogP contribution in [0.2, 0.25) is 0 Å². The second kappa shape index (κ2) is 5.23. The van der Waals surface area contributed by atoms with Gasteiger partial charge in [-0.1, -0.05) is 37.8 Å². The lowest BCUT2D eigenvalue weighted by atomic mass is 9.96. The van der Waals surface area contributed by atoms with Gasteiger partial charge in [-0.3, -0.25) is 4.79 Å². The number of Topliss-reactive ketones (excluding diaryl/α,β-unsaturated/α-hetero) is 1. The zero-order valence-electron chi connectivity index (χ0n) is 10.8. The van der Waals surface area contributed by atoms with Gasteiger partial charge in [0.1, 0.15) is 0 Å². The molecule has 0 N–H and O–H groups in total. The summed E-state index contributed by atoms with van der Waals surface area (Å²) in [5.41, 5.74) is 3.31. The lowest BCUT2D eigenvalue weighted by molar-refractivity contribution is 0.0973. The average Bonchev–Trinajstić information content (AvgIpc) is 3.05. The summed E-state index contributed by atoms with van der Waals surface area (Å²) in [7, 11) is 0. The maximum Gasteiger partial charge on any atom is 0.162 e. The molecule has 1 aromatic carbocycles. The van der Waals surface area contributed by atoms with Gasteiger partial charge in [0.25, 0.3) is 0 Å². The Hall–Kier alpha value is -1.15. The Balaban J connectivity index is 1.61. The number of rotatable bonds is 4. The predicted molar refractivity (Wildman–Crippen MR) is 70.5 cm³/mol. The zero-order chi connectivity index (χ0) is 12.4. The lowest BCUT2D eigenvalue weighted by Crippen LogP contribution is -2.03. The first kappa shape index (κ1) is 11.9. The van der Waals surface area contributed by atoms with E-state index in [1.807, 2.05) is 18.2 Å². The molecular formula is C16H20O2. The Kier molecular flexibility index (Phi) is 3.46. The van der Waals surface area contributed by atoms with Crippen LogP contribution in [-0.2, 0) is 18.0 Å². The molecule has 1 heterocycles. The third-order valence-electron chi connectivity index (χ3n) is 4.30. The Morgan fingerprint density at radius 2 is 1.94 bits per heavy atom. The first-order chi connectivity index (χ1) is 8.83. The molecule has 1 fully saturated rings. The van der Waals surface area contributed by atoms with Crippen molar-refractivity contribution < 1.29 is 9.53 Å². The quantitative estimate of drug-likeness (QED) is 0.751. The van der Waals surface area contributed by atoms with E-state index in [-0.39, 0.29) is 0 Å². The van der Waals surface area contributed by atoms with Crippen molar-refractivity contribution in [2.75, 3.05) is 0 Å². The number of fused-ring (bicyclic) bond motifs is 1. The molecule has 0 amide bonds. The van der Waals surface area contributed by atoms with E-state index in [2.05, 4.69) is 0 Å². The summed E-state index contributed by atoms with van der Waals surface area (Å²) >= 11 is 0. The molecule has 1 aliphatic carbocycles. The normalized spacial score (nSPS) is 19.1. The Labute approximate surface area is 108 Å². The second-order valence-electron chi connectivity index (χ2n) is 5.59. The van der Waals surface area contributed by atoms with Crippen LogP contribution in [0.4, 0.5) is 0 Å². The van der Waals surface area contributed by atoms with Crippen molar-refractivity contribution in [3.63, 3.8) is 0 Å². The number of carbonyl (C=O) groups excluding carboxylic acids is 1. The molecule has 2 nitrogen and oxygen atoms in total. The second-order valence-corrected chi connectivity index (χ2v) is 5.59. The highest BCUT2D eigenvalue weighted by atomic mass is 16.5. The summed E-state index contributed by atoms with van der Waals surface area (Å²) in [5.74, 6) is 1.10. The van der Waals surface area contributed by atoms with Gasteiger partial charge in [0.05, 0.1) is 13.2 Å². The summed E-state index contributed by atoms with van der Waals surface area (Å²) in [6, 6.07) is 6.04. The maximum absolute atomic E-state index is 12.2. The highest BCUT2D eigenvalue weighted by molar-refractivity contribution is 5.96. The van der Waals surface area contributed by atoms with E-state index >= 15 is 0 Å². The molecule has 0 bridgehead atoms. The average molecular weight is 244 g/mol. The molecule has 1 aliphatic heterocycles. The minimum Gasteiger partial charge on any atom is -0.372 e. The van der Waals surface area contributed by atoms with E-state index in [1.54, 1.807) is 0 Å². The van der Waals surface area contributed by atoms with Crippen LogP contribution in [0, 0.1) is 5.92 Å². The van der Waals surface area contributed by atoms with Gasteiger partial charge in [-0.25, -0.2) is 0 Å². The van der Waals surface area contributed by atoms with Gasteiger partial charge in [0.2, 0.25) is 0 Å². The minimum atomic E-state index is 0.302. The van der Waals surface area contributed by atoms with Gasteiger partial charge in [-0.15, -0.1) is 0 Å². The van der Waals surface area contributed by atoms with Crippen LogP contribution in [-0.4, -0.2) is 5.78 Å². The molecule has 0 atom stereocenters. The van der Waals surface area contributed by atoms with E-state index in [4.69, 9.17) is 4.74 Å². The van der Waals surface area contributed by atoms with Crippen LogP contribution in [0.15, 0.2) is 18.2 Å². The molecule has 0 aromatic heterocycles. The molecule has 3 rings (SSSR count). The smallest absolute Gasteiger partial charge is 0.162 e. The SMILES string of the molecule is O=C(CCC1CCCC1)c1ccc2c(c1)COC2. The third-order valence-corrected chi connectivity index (χ3v) is 4.30. The molecule has 1 saturated carbocycles. The summed E-state index contributed by atoms with van der Waals surface area (Å²) in [6.45, 7) is 1.37. The van der Waals surface area contributed by atoms with Crippen molar-refractivity contribution in [1.29, 1.82) is 0 Å². The van der Waals surface area contributed by atoms with Crippen LogP contribution in [0.5, 0.6) is 0 Å². The number of hydrogen-bond donors (Lipinski definition) is 0. The Morgan fingerprint density at radius 3 is 2.78 bits per heavy atom. The van der Waals surface area contributed by atoms with Gasteiger partial charge in [-0.05, 0) is 29.5 Å². The molecule has 96 valence electrons. The number of hydrogen-bond acceptors (Lipinski definition) is 2. The zero-order valence-corrected chi connectivity index (χ0v) is 10.8. The fourth-order valence-corrected chi connectivity index (χ4v) is 3.12. The third kappa shape index (κ3) is 2.49. The molecule has 0 radical (unpaired) electrons. The minimum absolute atomic E-state index is 0.302. The van der Waals surface area contributed by atoms with Crippen molar-refractivity contribution in [1.82, 2.24) is 0 Å². The van der Waals surface area contributed by atoms with E-state index in [1.165, 1.54) is 36.8 Å². The van der Waals surface area contributed by atoms with Crippen molar-refractivity contribution >= 4 is 5.78 Å². The van der Waals surface area contributed by atoms with Crippen molar-refractivity contribution in [2.45, 2.75) is 51.7 Å². The Bertz CT molecular complexity index is 444. The lowest BCUT2D eigenvalue weighted by Gasteiger charge is -2.08. The van der Waals surface area contributed by atoms with Crippen LogP contribution >= 0.6 is 0 Å². The first-order valence-electron chi connectivity index (χ1n) is 7.05. The standard InChI is InChI=1S/C16H20O2/c17-16(8-5-12-3-1-2-4-12)13-6-7-14-10-18-11-15(14)9-13/h6-7,9,12H,1-5,8,10-11H2. The highest BCUT2D eigenvalue weighted by Gasteiger charge is 2.18. The van der Waals surface area contributed by atoms with Gasteiger partial charge in [0, 0.05) is 12.0 Å². The van der Waals surface area contributed by atoms with Crippen molar-refractivity contribution in [3.8, 4) is 0 Å². The predicted octanol–water partition coefficient (Wildman–Crippen LogP) is 3.87. The molecule has 0 spiro atoms. The summed E-state index contributed by atoms with van der Waals surface area (Å²) in [6.07, 6.45) is 7.15. The largest absolute Gasteiger partial charge is 0.372 e. The molecule has 2 aliphatic rings. The molecule has 0 unspecified atom stereocenters. The molecule has 1 aromatic rings. The van der Waals surface area contributed by atoms with E-state index < -0.39 is 0 Å². The van der Waals surface area contributed by atoms with Gasteiger partial charge in [-0.2, -0.15) is 0 Å². The molecular weight excluding hydrogens is 224 g/mol. The fourth-order valence-electron chi connectivity index (χ4n) is 3.12. The van der Waals surface area contributed by atoms with E-state index in [9.17, 15) is 4.79 Å². The topological polar surface area (TPSA) is 26.3 Å². The number of carbonyl (C=O) groups is 1. The molecule has 0 saturated heterocycles. The number of ether oxygens (including phenoxy) is 1. The van der Waals surface area contributed by atoms with E-state index in [0.29, 0.717) is 25.4 Å². The van der Waals surface area contributed by atoms with Gasteiger partial charge >= 0.3 is 0 Å². The molecule has 18 heavy (non-hydrogen) atoms. The Morgan fingerprint density at radius 1 is 1.17 bits per heavy atom. The van der Waals surface area contributed by atoms with Crippen LogP contribution in [0.25, 0.3) is 0 Å². The monoisotopic (exact) mass is 244 g/mol. The van der Waals surface area contributed by atoms with E-state index in [0.717, 1.165) is 17.9 Å². The summed E-state index contributed by atoms with van der Waals surface area (Å²) in [4.78, 5) is 12.2. The van der Waals surface area contributed by atoms with Crippen molar-refractivity contribution in [3.05, 3.63) is 34.9 Å². The number of ketones is 1. The first-order valence-corrected chi connectivity index (χ1v) is 7.05. The summed E-state index contributed by atoms with van der Waals surface area (Å²) < 4.78 is 5.38. The summed E-state index contributed by atoms with van der Waals surface area (Å²) in [5, 5.41) is 0. The van der Waals surface area contributed by atoms with Crippen molar-refractivity contribution in [2.24, 2.45) is 5.92 Å². The highest BCUT2D eigenvalue weighted by Crippen LogP contribution is 2.29. The molecule has 2 heteroatoms. The van der Waals surface area contributed by atoms with Crippen LogP contribution in [0.3, 0.4) is 0 Å². The van der Waals surface area contributed by atoms with Crippen LogP contribution < -0.4 is 0 Å².